The zero-order valence-corrected chi connectivity index (χ0v) is 15.8. The number of rotatable bonds is 7. The Balaban J connectivity index is 1.78. The SMILES string of the molecule is CCOc1cc(C=NNC(=O)c2cc3c(OC)ccc(OC)c3[nH]2)ccc1O. The Labute approximate surface area is 161 Å². The van der Waals surface area contributed by atoms with Crippen LogP contribution in [0.1, 0.15) is 23.0 Å². The molecule has 0 spiro atoms. The molecule has 2 aromatic carbocycles. The number of aromatic nitrogens is 1. The second-order valence-electron chi connectivity index (χ2n) is 5.80. The van der Waals surface area contributed by atoms with E-state index in [1.54, 1.807) is 44.6 Å². The molecule has 0 saturated carbocycles. The monoisotopic (exact) mass is 383 g/mol. The van der Waals surface area contributed by atoms with Crippen molar-refractivity contribution < 1.29 is 24.1 Å². The van der Waals surface area contributed by atoms with E-state index in [9.17, 15) is 9.90 Å². The van der Waals surface area contributed by atoms with Crippen molar-refractivity contribution >= 4 is 23.0 Å². The standard InChI is InChI=1S/C20H21N3O5/c1-4-28-18-9-12(5-6-15(18)24)11-21-23-20(25)14-10-13-16(26-2)7-8-17(27-3)19(13)22-14/h5-11,22,24H,4H2,1-3H3,(H,23,25). The molecule has 0 fully saturated rings. The topological polar surface area (TPSA) is 105 Å². The molecule has 0 aliphatic heterocycles. The molecule has 0 radical (unpaired) electrons. The van der Waals surface area contributed by atoms with Gasteiger partial charge in [-0.2, -0.15) is 5.10 Å². The number of aromatic hydroxyl groups is 1. The van der Waals surface area contributed by atoms with Crippen LogP contribution in [0, 0.1) is 0 Å². The molecule has 1 aromatic heterocycles. The molecule has 0 unspecified atom stereocenters. The van der Waals surface area contributed by atoms with Gasteiger partial charge in [-0.1, -0.05) is 0 Å². The number of nitrogens with one attached hydrogen (secondary N) is 2. The van der Waals surface area contributed by atoms with E-state index >= 15 is 0 Å². The molecule has 3 rings (SSSR count). The minimum atomic E-state index is -0.416. The zero-order valence-electron chi connectivity index (χ0n) is 15.8. The average Bonchev–Trinajstić information content (AvgIpc) is 3.15. The van der Waals surface area contributed by atoms with Gasteiger partial charge in [0.15, 0.2) is 11.5 Å². The van der Waals surface area contributed by atoms with E-state index < -0.39 is 5.91 Å². The Hall–Kier alpha value is -3.68. The van der Waals surface area contributed by atoms with Crippen LogP contribution in [0.2, 0.25) is 0 Å². The molecule has 8 nitrogen and oxygen atoms in total. The fourth-order valence-electron chi connectivity index (χ4n) is 2.75. The Bertz CT molecular complexity index is 985. The molecule has 0 aliphatic carbocycles. The number of carbonyl (C=O) groups excluding carboxylic acids is 1. The number of H-pyrrole nitrogens is 1. The summed E-state index contributed by atoms with van der Waals surface area (Å²) in [7, 11) is 3.12. The number of benzene rings is 2. The summed E-state index contributed by atoms with van der Waals surface area (Å²) in [4.78, 5) is 15.5. The average molecular weight is 383 g/mol. The van der Waals surface area contributed by atoms with E-state index in [1.165, 1.54) is 12.3 Å². The van der Waals surface area contributed by atoms with Crippen molar-refractivity contribution in [1.29, 1.82) is 0 Å². The smallest absolute Gasteiger partial charge is 0.287 e. The van der Waals surface area contributed by atoms with Gasteiger partial charge >= 0.3 is 0 Å². The van der Waals surface area contributed by atoms with Crippen LogP contribution < -0.4 is 19.6 Å². The number of fused-ring (bicyclic) bond motifs is 1. The van der Waals surface area contributed by atoms with Crippen molar-refractivity contribution in [3.05, 3.63) is 47.7 Å². The Morgan fingerprint density at radius 1 is 1.14 bits per heavy atom. The van der Waals surface area contributed by atoms with E-state index in [4.69, 9.17) is 14.2 Å². The van der Waals surface area contributed by atoms with Gasteiger partial charge in [0.25, 0.3) is 5.91 Å². The summed E-state index contributed by atoms with van der Waals surface area (Å²) in [5.74, 6) is 1.21. The predicted octanol–water partition coefficient (Wildman–Crippen LogP) is 3.05. The number of hydrazone groups is 1. The van der Waals surface area contributed by atoms with Crippen LogP contribution in [0.3, 0.4) is 0 Å². The van der Waals surface area contributed by atoms with Gasteiger partial charge in [0.05, 0.1) is 32.6 Å². The summed E-state index contributed by atoms with van der Waals surface area (Å²) in [6.45, 7) is 2.25. The molecular weight excluding hydrogens is 362 g/mol. The quantitative estimate of drug-likeness (QED) is 0.430. The molecule has 0 saturated heterocycles. The maximum atomic E-state index is 12.4. The first-order chi connectivity index (χ1) is 13.6. The third-order valence-corrected chi connectivity index (χ3v) is 4.06. The molecular formula is C20H21N3O5. The van der Waals surface area contributed by atoms with Crippen LogP contribution in [-0.2, 0) is 0 Å². The van der Waals surface area contributed by atoms with E-state index in [2.05, 4.69) is 15.5 Å². The first-order valence-electron chi connectivity index (χ1n) is 8.60. The van der Waals surface area contributed by atoms with Crippen LogP contribution >= 0.6 is 0 Å². The van der Waals surface area contributed by atoms with Gasteiger partial charge in [0, 0.05) is 5.39 Å². The summed E-state index contributed by atoms with van der Waals surface area (Å²) < 4.78 is 16.0. The minimum absolute atomic E-state index is 0.0454. The van der Waals surface area contributed by atoms with Crippen molar-refractivity contribution in [2.45, 2.75) is 6.92 Å². The number of aromatic amines is 1. The van der Waals surface area contributed by atoms with Gasteiger partial charge in [-0.15, -0.1) is 0 Å². The summed E-state index contributed by atoms with van der Waals surface area (Å²) in [5.41, 5.74) is 4.11. The normalized spacial score (nSPS) is 11.0. The maximum Gasteiger partial charge on any atom is 0.287 e. The van der Waals surface area contributed by atoms with Crippen LogP contribution in [0.25, 0.3) is 10.9 Å². The summed E-state index contributed by atoms with van der Waals surface area (Å²) in [6, 6.07) is 10.0. The van der Waals surface area contributed by atoms with Gasteiger partial charge in [-0.3, -0.25) is 4.79 Å². The molecule has 0 bridgehead atoms. The number of phenols is 1. The van der Waals surface area contributed by atoms with E-state index in [1.807, 2.05) is 6.92 Å². The summed E-state index contributed by atoms with van der Waals surface area (Å²) in [6.07, 6.45) is 1.46. The molecule has 3 aromatic rings. The molecule has 3 N–H and O–H groups in total. The van der Waals surface area contributed by atoms with Gasteiger partial charge in [-0.05, 0) is 48.9 Å². The number of carbonyl (C=O) groups is 1. The highest BCUT2D eigenvalue weighted by Crippen LogP contribution is 2.33. The summed E-state index contributed by atoms with van der Waals surface area (Å²) in [5, 5.41) is 14.4. The van der Waals surface area contributed by atoms with Crippen molar-refractivity contribution in [2.24, 2.45) is 5.10 Å². The Morgan fingerprint density at radius 2 is 1.89 bits per heavy atom. The Morgan fingerprint density at radius 3 is 2.61 bits per heavy atom. The molecule has 1 heterocycles. The third-order valence-electron chi connectivity index (χ3n) is 4.06. The lowest BCUT2D eigenvalue weighted by molar-refractivity contribution is 0.0951. The maximum absolute atomic E-state index is 12.4. The highest BCUT2D eigenvalue weighted by molar-refractivity contribution is 6.01. The lowest BCUT2D eigenvalue weighted by Gasteiger charge is -2.05. The van der Waals surface area contributed by atoms with Crippen molar-refractivity contribution in [3.63, 3.8) is 0 Å². The molecule has 8 heteroatoms. The second kappa shape index (κ2) is 8.34. The molecule has 28 heavy (non-hydrogen) atoms. The van der Waals surface area contributed by atoms with Crippen LogP contribution in [-0.4, -0.2) is 43.0 Å². The fraction of sp³-hybridized carbons (Fsp3) is 0.200. The second-order valence-corrected chi connectivity index (χ2v) is 5.80. The van der Waals surface area contributed by atoms with Crippen LogP contribution in [0.4, 0.5) is 0 Å². The van der Waals surface area contributed by atoms with Crippen LogP contribution in [0.15, 0.2) is 41.5 Å². The fourth-order valence-corrected chi connectivity index (χ4v) is 2.75. The Kier molecular flexibility index (Phi) is 5.69. The van der Waals surface area contributed by atoms with Gasteiger partial charge in [-0.25, -0.2) is 5.43 Å². The lowest BCUT2D eigenvalue weighted by Crippen LogP contribution is -2.17. The molecule has 0 aliphatic rings. The lowest BCUT2D eigenvalue weighted by atomic mass is 10.2. The molecule has 1 amide bonds. The van der Waals surface area contributed by atoms with Crippen molar-refractivity contribution in [1.82, 2.24) is 10.4 Å². The predicted molar refractivity (Wildman–Crippen MR) is 106 cm³/mol. The highest BCUT2D eigenvalue weighted by Gasteiger charge is 2.15. The number of ether oxygens (including phenoxy) is 3. The number of amides is 1. The summed E-state index contributed by atoms with van der Waals surface area (Å²) >= 11 is 0. The molecule has 0 atom stereocenters. The van der Waals surface area contributed by atoms with Gasteiger partial charge < -0.3 is 24.3 Å². The molecule has 146 valence electrons. The van der Waals surface area contributed by atoms with Crippen molar-refractivity contribution in [3.8, 4) is 23.0 Å². The number of hydrogen-bond acceptors (Lipinski definition) is 6. The first kappa shape index (κ1) is 19.1. The van der Waals surface area contributed by atoms with E-state index in [-0.39, 0.29) is 5.75 Å². The van der Waals surface area contributed by atoms with Gasteiger partial charge in [0.1, 0.15) is 17.2 Å². The number of nitrogens with zero attached hydrogens (tertiary/aromatic N) is 1. The number of methoxy groups -OCH3 is 2. The van der Waals surface area contributed by atoms with E-state index in [0.29, 0.717) is 40.6 Å². The number of phenolic OH excluding ortho intramolecular Hbond substituents is 1. The minimum Gasteiger partial charge on any atom is -0.504 e. The highest BCUT2D eigenvalue weighted by atomic mass is 16.5. The van der Waals surface area contributed by atoms with Crippen LogP contribution in [0.5, 0.6) is 23.0 Å². The number of hydrogen-bond donors (Lipinski definition) is 3. The van der Waals surface area contributed by atoms with Gasteiger partial charge in [0.2, 0.25) is 0 Å². The van der Waals surface area contributed by atoms with Crippen molar-refractivity contribution in [2.75, 3.05) is 20.8 Å². The zero-order chi connectivity index (χ0) is 20.1. The third kappa shape index (κ3) is 3.85. The van der Waals surface area contributed by atoms with E-state index in [0.717, 1.165) is 5.39 Å². The first-order valence-corrected chi connectivity index (χ1v) is 8.60. The largest absolute Gasteiger partial charge is 0.504 e.